The van der Waals surface area contributed by atoms with Crippen LogP contribution in [0.25, 0.3) is 10.8 Å². The van der Waals surface area contributed by atoms with E-state index >= 15 is 0 Å². The standard InChI is InChI=1S/C22H26N2O/c25-22(21-12-6-10-19-9-4-5-11-20(19)21)24-15-13-23(14-16-24)17-18-7-2-1-3-8-18/h1-2,4-6,9-12,18H,3,7-8,13-17H2/p+1/t18-/m0/s1. The largest absolute Gasteiger partial charge is 0.332 e. The third-order valence-electron chi connectivity index (χ3n) is 5.73. The first kappa shape index (κ1) is 16.3. The van der Waals surface area contributed by atoms with E-state index in [1.54, 1.807) is 4.90 Å². The van der Waals surface area contributed by atoms with Crippen molar-refractivity contribution in [1.29, 1.82) is 0 Å². The molecule has 1 N–H and O–H groups in total. The number of piperazine rings is 1. The zero-order valence-electron chi connectivity index (χ0n) is 14.8. The fraction of sp³-hybridized carbons (Fsp3) is 0.409. The molecule has 0 aromatic heterocycles. The van der Waals surface area contributed by atoms with Crippen LogP contribution >= 0.6 is 0 Å². The van der Waals surface area contributed by atoms with Crippen molar-refractivity contribution < 1.29 is 9.69 Å². The molecule has 1 atom stereocenters. The summed E-state index contributed by atoms with van der Waals surface area (Å²) in [5.41, 5.74) is 0.846. The minimum atomic E-state index is 0.191. The molecule has 3 nitrogen and oxygen atoms in total. The molecule has 0 bridgehead atoms. The Labute approximate surface area is 149 Å². The number of benzene rings is 2. The molecular formula is C22H27N2O+. The lowest BCUT2D eigenvalue weighted by molar-refractivity contribution is -0.907. The molecule has 1 heterocycles. The van der Waals surface area contributed by atoms with E-state index in [4.69, 9.17) is 0 Å². The van der Waals surface area contributed by atoms with Gasteiger partial charge in [-0.15, -0.1) is 0 Å². The van der Waals surface area contributed by atoms with Crippen LogP contribution in [0.3, 0.4) is 0 Å². The van der Waals surface area contributed by atoms with E-state index in [1.807, 2.05) is 29.2 Å². The molecule has 25 heavy (non-hydrogen) atoms. The third kappa shape index (κ3) is 3.62. The van der Waals surface area contributed by atoms with E-state index in [2.05, 4.69) is 30.4 Å². The normalized spacial score (nSPS) is 21.6. The summed E-state index contributed by atoms with van der Waals surface area (Å²) in [6.07, 6.45) is 8.46. The second-order valence-electron chi connectivity index (χ2n) is 7.42. The number of amides is 1. The van der Waals surface area contributed by atoms with Gasteiger partial charge in [0.2, 0.25) is 0 Å². The molecule has 0 radical (unpaired) electrons. The maximum atomic E-state index is 13.0. The zero-order chi connectivity index (χ0) is 17.1. The number of nitrogens with one attached hydrogen (secondary N) is 1. The van der Waals surface area contributed by atoms with Gasteiger partial charge in [-0.1, -0.05) is 48.6 Å². The molecule has 1 aliphatic carbocycles. The van der Waals surface area contributed by atoms with Crippen LogP contribution in [0.4, 0.5) is 0 Å². The predicted molar refractivity (Wildman–Crippen MR) is 102 cm³/mol. The summed E-state index contributed by atoms with van der Waals surface area (Å²) in [6.45, 7) is 5.17. The quantitative estimate of drug-likeness (QED) is 0.857. The summed E-state index contributed by atoms with van der Waals surface area (Å²) >= 11 is 0. The number of hydrogen-bond donors (Lipinski definition) is 1. The first-order valence-corrected chi connectivity index (χ1v) is 9.57. The Morgan fingerprint density at radius 3 is 2.64 bits per heavy atom. The Morgan fingerprint density at radius 2 is 1.84 bits per heavy atom. The van der Waals surface area contributed by atoms with Crippen molar-refractivity contribution in [2.24, 2.45) is 5.92 Å². The lowest BCUT2D eigenvalue weighted by atomic mass is 9.94. The monoisotopic (exact) mass is 335 g/mol. The van der Waals surface area contributed by atoms with Crippen LogP contribution in [0.2, 0.25) is 0 Å². The Morgan fingerprint density at radius 1 is 1.04 bits per heavy atom. The molecule has 0 spiro atoms. The van der Waals surface area contributed by atoms with Crippen molar-refractivity contribution in [3.8, 4) is 0 Å². The summed E-state index contributed by atoms with van der Waals surface area (Å²) in [4.78, 5) is 16.7. The van der Waals surface area contributed by atoms with E-state index < -0.39 is 0 Å². The smallest absolute Gasteiger partial charge is 0.254 e. The Bertz CT molecular complexity index is 769. The van der Waals surface area contributed by atoms with Crippen LogP contribution in [0.15, 0.2) is 54.6 Å². The van der Waals surface area contributed by atoms with Gasteiger partial charge in [-0.05, 0) is 36.1 Å². The summed E-state index contributed by atoms with van der Waals surface area (Å²) in [5, 5.41) is 2.21. The van der Waals surface area contributed by atoms with Crippen LogP contribution < -0.4 is 4.90 Å². The van der Waals surface area contributed by atoms with Crippen molar-refractivity contribution in [3.05, 3.63) is 60.2 Å². The van der Waals surface area contributed by atoms with Crippen LogP contribution in [-0.4, -0.2) is 43.5 Å². The predicted octanol–water partition coefficient (Wildman–Crippen LogP) is 2.54. The van der Waals surface area contributed by atoms with E-state index in [0.717, 1.165) is 48.4 Å². The number of allylic oxidation sites excluding steroid dienone is 2. The average molecular weight is 335 g/mol. The van der Waals surface area contributed by atoms with Gasteiger partial charge in [-0.2, -0.15) is 0 Å². The van der Waals surface area contributed by atoms with Crippen molar-refractivity contribution in [2.45, 2.75) is 19.3 Å². The molecule has 3 heteroatoms. The number of quaternary nitrogens is 1. The molecule has 2 aromatic carbocycles. The zero-order valence-corrected chi connectivity index (χ0v) is 14.8. The van der Waals surface area contributed by atoms with Crippen molar-refractivity contribution in [1.82, 2.24) is 4.90 Å². The van der Waals surface area contributed by atoms with E-state index in [0.29, 0.717) is 0 Å². The number of carbonyl (C=O) groups is 1. The molecule has 1 fully saturated rings. The molecule has 1 saturated heterocycles. The molecular weight excluding hydrogens is 308 g/mol. The molecule has 4 rings (SSSR count). The first-order valence-electron chi connectivity index (χ1n) is 9.57. The van der Waals surface area contributed by atoms with Gasteiger partial charge >= 0.3 is 0 Å². The highest BCUT2D eigenvalue weighted by Gasteiger charge is 2.27. The fourth-order valence-corrected chi connectivity index (χ4v) is 4.26. The third-order valence-corrected chi connectivity index (χ3v) is 5.73. The van der Waals surface area contributed by atoms with Gasteiger partial charge in [-0.25, -0.2) is 0 Å². The summed E-state index contributed by atoms with van der Waals surface area (Å²) in [6, 6.07) is 14.2. The minimum absolute atomic E-state index is 0.191. The van der Waals surface area contributed by atoms with Crippen LogP contribution in [0.5, 0.6) is 0 Å². The van der Waals surface area contributed by atoms with E-state index in [9.17, 15) is 4.79 Å². The summed E-state index contributed by atoms with van der Waals surface area (Å²) < 4.78 is 0. The van der Waals surface area contributed by atoms with Crippen molar-refractivity contribution in [3.63, 3.8) is 0 Å². The van der Waals surface area contributed by atoms with Crippen molar-refractivity contribution >= 4 is 16.7 Å². The maximum Gasteiger partial charge on any atom is 0.254 e. The van der Waals surface area contributed by atoms with Gasteiger partial charge in [0, 0.05) is 11.5 Å². The molecule has 2 aliphatic rings. The molecule has 1 amide bonds. The highest BCUT2D eigenvalue weighted by atomic mass is 16.2. The van der Waals surface area contributed by atoms with Crippen LogP contribution in [0, 0.1) is 5.92 Å². The first-order chi connectivity index (χ1) is 12.3. The highest BCUT2D eigenvalue weighted by molar-refractivity contribution is 6.07. The summed E-state index contributed by atoms with van der Waals surface area (Å²) in [7, 11) is 0. The Balaban J connectivity index is 1.40. The second-order valence-corrected chi connectivity index (χ2v) is 7.42. The molecule has 130 valence electrons. The fourth-order valence-electron chi connectivity index (χ4n) is 4.26. The number of rotatable bonds is 3. The van der Waals surface area contributed by atoms with E-state index in [-0.39, 0.29) is 5.91 Å². The lowest BCUT2D eigenvalue weighted by Gasteiger charge is -2.34. The second kappa shape index (κ2) is 7.40. The minimum Gasteiger partial charge on any atom is -0.332 e. The van der Waals surface area contributed by atoms with Crippen LogP contribution in [-0.2, 0) is 0 Å². The van der Waals surface area contributed by atoms with Crippen molar-refractivity contribution in [2.75, 3.05) is 32.7 Å². The molecule has 1 aliphatic heterocycles. The number of carbonyl (C=O) groups excluding carboxylic acids is 1. The summed E-state index contributed by atoms with van der Waals surface area (Å²) in [5.74, 6) is 1.02. The van der Waals surface area contributed by atoms with Gasteiger partial charge in [0.25, 0.3) is 5.91 Å². The number of fused-ring (bicyclic) bond motifs is 1. The Kier molecular flexibility index (Phi) is 4.84. The average Bonchev–Trinajstić information content (AvgIpc) is 2.68. The van der Waals surface area contributed by atoms with Crippen LogP contribution in [0.1, 0.15) is 29.6 Å². The molecule has 2 aromatic rings. The van der Waals surface area contributed by atoms with E-state index in [1.165, 1.54) is 25.8 Å². The SMILES string of the molecule is O=C(c1cccc2ccccc12)N1CC[NH+](C[C@H]2CC=CCC2)CC1. The van der Waals surface area contributed by atoms with Gasteiger partial charge in [0.15, 0.2) is 0 Å². The Hall–Kier alpha value is -2.13. The number of nitrogens with zero attached hydrogens (tertiary/aromatic N) is 1. The van der Waals surface area contributed by atoms with Gasteiger partial charge in [-0.3, -0.25) is 4.79 Å². The molecule has 0 unspecified atom stereocenters. The van der Waals surface area contributed by atoms with Gasteiger partial charge in [0.1, 0.15) is 0 Å². The van der Waals surface area contributed by atoms with Gasteiger partial charge in [0.05, 0.1) is 32.7 Å². The van der Waals surface area contributed by atoms with Gasteiger partial charge < -0.3 is 9.80 Å². The number of hydrogen-bond acceptors (Lipinski definition) is 1. The highest BCUT2D eigenvalue weighted by Crippen LogP contribution is 2.20. The lowest BCUT2D eigenvalue weighted by Crippen LogP contribution is -3.15. The molecule has 0 saturated carbocycles. The maximum absolute atomic E-state index is 13.0. The topological polar surface area (TPSA) is 24.8 Å².